The van der Waals surface area contributed by atoms with Crippen LogP contribution in [0.15, 0.2) is 12.7 Å². The van der Waals surface area contributed by atoms with Crippen LogP contribution in [0.3, 0.4) is 0 Å². The van der Waals surface area contributed by atoms with E-state index in [4.69, 9.17) is 4.74 Å². The molecule has 0 aliphatic heterocycles. The molecule has 0 aromatic rings. The molecular weight excluding hydrogens is 188 g/mol. The molecular formula is C13H20O2. The highest BCUT2D eigenvalue weighted by Crippen LogP contribution is 2.41. The van der Waals surface area contributed by atoms with Gasteiger partial charge in [-0.05, 0) is 31.1 Å². The molecule has 2 nitrogen and oxygen atoms in total. The zero-order valence-corrected chi connectivity index (χ0v) is 9.28. The van der Waals surface area contributed by atoms with Gasteiger partial charge in [-0.25, -0.2) is 4.79 Å². The Labute approximate surface area is 91.7 Å². The predicted molar refractivity (Wildman–Crippen MR) is 59.4 cm³/mol. The lowest BCUT2D eigenvalue weighted by atomic mass is 9.70. The summed E-state index contributed by atoms with van der Waals surface area (Å²) >= 11 is 0. The van der Waals surface area contributed by atoms with Crippen molar-refractivity contribution in [2.24, 2.45) is 11.8 Å². The van der Waals surface area contributed by atoms with E-state index in [1.165, 1.54) is 38.2 Å². The first kappa shape index (κ1) is 10.7. The third-order valence-corrected chi connectivity index (χ3v) is 3.94. The van der Waals surface area contributed by atoms with Crippen molar-refractivity contribution in [3.63, 3.8) is 0 Å². The molecule has 3 atom stereocenters. The molecule has 84 valence electrons. The van der Waals surface area contributed by atoms with Crippen LogP contribution in [-0.4, -0.2) is 12.1 Å². The van der Waals surface area contributed by atoms with E-state index in [1.807, 2.05) is 0 Å². The van der Waals surface area contributed by atoms with Gasteiger partial charge in [0.1, 0.15) is 6.10 Å². The molecule has 2 saturated carbocycles. The van der Waals surface area contributed by atoms with Gasteiger partial charge in [0.15, 0.2) is 0 Å². The van der Waals surface area contributed by atoms with Gasteiger partial charge in [0, 0.05) is 6.08 Å². The first-order valence-electron chi connectivity index (χ1n) is 6.12. The van der Waals surface area contributed by atoms with E-state index in [-0.39, 0.29) is 12.1 Å². The quantitative estimate of drug-likeness (QED) is 0.515. The minimum Gasteiger partial charge on any atom is -0.459 e. The molecule has 0 N–H and O–H groups in total. The molecule has 0 amide bonds. The van der Waals surface area contributed by atoms with Gasteiger partial charge in [-0.3, -0.25) is 0 Å². The molecule has 0 saturated heterocycles. The summed E-state index contributed by atoms with van der Waals surface area (Å²) in [5.41, 5.74) is 0. The topological polar surface area (TPSA) is 26.3 Å². The van der Waals surface area contributed by atoms with Crippen LogP contribution in [0.25, 0.3) is 0 Å². The minimum atomic E-state index is -0.255. The second-order valence-electron chi connectivity index (χ2n) is 4.88. The summed E-state index contributed by atoms with van der Waals surface area (Å²) in [6.45, 7) is 3.43. The van der Waals surface area contributed by atoms with E-state index < -0.39 is 0 Å². The number of ether oxygens (including phenoxy) is 1. The Morgan fingerprint density at radius 1 is 1.13 bits per heavy atom. The van der Waals surface area contributed by atoms with E-state index in [1.54, 1.807) is 0 Å². The van der Waals surface area contributed by atoms with Crippen molar-refractivity contribution in [2.75, 3.05) is 0 Å². The summed E-state index contributed by atoms with van der Waals surface area (Å²) in [5, 5.41) is 0. The number of fused-ring (bicyclic) bond motifs is 1. The summed E-state index contributed by atoms with van der Waals surface area (Å²) in [4.78, 5) is 11.1. The van der Waals surface area contributed by atoms with Crippen LogP contribution < -0.4 is 0 Å². The number of hydrogen-bond donors (Lipinski definition) is 0. The van der Waals surface area contributed by atoms with Gasteiger partial charge in [0.25, 0.3) is 0 Å². The standard InChI is InChI=1S/C13H20O2/c1-2-13(14)15-12-8-7-10-5-3-4-6-11(10)9-12/h2,10-12H,1,3-9H2. The van der Waals surface area contributed by atoms with Crippen molar-refractivity contribution < 1.29 is 9.53 Å². The Kier molecular flexibility index (Phi) is 3.45. The highest BCUT2D eigenvalue weighted by atomic mass is 16.5. The van der Waals surface area contributed by atoms with Gasteiger partial charge in [0.05, 0.1) is 0 Å². The van der Waals surface area contributed by atoms with E-state index in [0.29, 0.717) is 0 Å². The molecule has 2 rings (SSSR count). The Balaban J connectivity index is 1.85. The Bertz CT molecular complexity index is 247. The third kappa shape index (κ3) is 2.61. The second-order valence-corrected chi connectivity index (χ2v) is 4.88. The van der Waals surface area contributed by atoms with E-state index in [2.05, 4.69) is 6.58 Å². The molecule has 2 aliphatic rings. The highest BCUT2D eigenvalue weighted by Gasteiger charge is 2.33. The van der Waals surface area contributed by atoms with Crippen LogP contribution in [0, 0.1) is 11.8 Å². The van der Waals surface area contributed by atoms with E-state index in [9.17, 15) is 4.79 Å². The maximum Gasteiger partial charge on any atom is 0.330 e. The van der Waals surface area contributed by atoms with Crippen molar-refractivity contribution >= 4 is 5.97 Å². The largest absolute Gasteiger partial charge is 0.459 e. The van der Waals surface area contributed by atoms with E-state index >= 15 is 0 Å². The third-order valence-electron chi connectivity index (χ3n) is 3.94. The average molecular weight is 208 g/mol. The lowest BCUT2D eigenvalue weighted by molar-refractivity contribution is -0.146. The zero-order valence-electron chi connectivity index (χ0n) is 9.28. The molecule has 15 heavy (non-hydrogen) atoms. The van der Waals surface area contributed by atoms with Crippen LogP contribution >= 0.6 is 0 Å². The van der Waals surface area contributed by atoms with Gasteiger partial charge in [-0.1, -0.05) is 32.3 Å². The first-order valence-corrected chi connectivity index (χ1v) is 6.12. The Morgan fingerprint density at radius 3 is 2.60 bits per heavy atom. The van der Waals surface area contributed by atoms with Crippen molar-refractivity contribution in [2.45, 2.75) is 51.0 Å². The fraction of sp³-hybridized carbons (Fsp3) is 0.769. The summed E-state index contributed by atoms with van der Waals surface area (Å²) in [5.74, 6) is 1.47. The molecule has 0 aromatic heterocycles. The van der Waals surface area contributed by atoms with Crippen LogP contribution in [0.4, 0.5) is 0 Å². The smallest absolute Gasteiger partial charge is 0.330 e. The molecule has 2 fully saturated rings. The Hall–Kier alpha value is -0.790. The van der Waals surface area contributed by atoms with Crippen LogP contribution in [0.1, 0.15) is 44.9 Å². The summed E-state index contributed by atoms with van der Waals surface area (Å²) in [7, 11) is 0. The molecule has 3 unspecified atom stereocenters. The monoisotopic (exact) mass is 208 g/mol. The Morgan fingerprint density at radius 2 is 1.87 bits per heavy atom. The summed E-state index contributed by atoms with van der Waals surface area (Å²) in [6.07, 6.45) is 10.3. The van der Waals surface area contributed by atoms with Gasteiger partial charge < -0.3 is 4.74 Å². The average Bonchev–Trinajstić information content (AvgIpc) is 2.29. The molecule has 0 radical (unpaired) electrons. The van der Waals surface area contributed by atoms with E-state index in [0.717, 1.165) is 24.7 Å². The normalized spacial score (nSPS) is 35.3. The maximum atomic E-state index is 11.1. The van der Waals surface area contributed by atoms with Gasteiger partial charge in [-0.2, -0.15) is 0 Å². The van der Waals surface area contributed by atoms with Crippen molar-refractivity contribution in [1.82, 2.24) is 0 Å². The summed E-state index contributed by atoms with van der Waals surface area (Å²) in [6, 6.07) is 0. The first-order chi connectivity index (χ1) is 7.29. The van der Waals surface area contributed by atoms with Crippen molar-refractivity contribution in [1.29, 1.82) is 0 Å². The van der Waals surface area contributed by atoms with Gasteiger partial charge >= 0.3 is 5.97 Å². The summed E-state index contributed by atoms with van der Waals surface area (Å²) < 4.78 is 5.33. The lowest BCUT2D eigenvalue weighted by Gasteiger charge is -2.38. The van der Waals surface area contributed by atoms with Crippen LogP contribution in [-0.2, 0) is 9.53 Å². The maximum absolute atomic E-state index is 11.1. The molecule has 0 aromatic carbocycles. The number of esters is 1. The lowest BCUT2D eigenvalue weighted by Crippen LogP contribution is -2.32. The van der Waals surface area contributed by atoms with Gasteiger partial charge in [0.2, 0.25) is 0 Å². The predicted octanol–water partition coefficient (Wildman–Crippen LogP) is 3.07. The highest BCUT2D eigenvalue weighted by molar-refractivity contribution is 5.81. The van der Waals surface area contributed by atoms with Crippen LogP contribution in [0.2, 0.25) is 0 Å². The van der Waals surface area contributed by atoms with Crippen LogP contribution in [0.5, 0.6) is 0 Å². The fourth-order valence-corrected chi connectivity index (χ4v) is 3.15. The van der Waals surface area contributed by atoms with Crippen molar-refractivity contribution in [3.8, 4) is 0 Å². The number of carbonyl (C=O) groups is 1. The zero-order chi connectivity index (χ0) is 10.7. The van der Waals surface area contributed by atoms with Crippen molar-refractivity contribution in [3.05, 3.63) is 12.7 Å². The molecule has 2 aliphatic carbocycles. The fourth-order valence-electron chi connectivity index (χ4n) is 3.15. The number of hydrogen-bond acceptors (Lipinski definition) is 2. The molecule has 0 spiro atoms. The molecule has 0 bridgehead atoms. The minimum absolute atomic E-state index is 0.162. The number of rotatable bonds is 2. The molecule has 2 heteroatoms. The van der Waals surface area contributed by atoms with Gasteiger partial charge in [-0.15, -0.1) is 0 Å². The molecule has 0 heterocycles. The SMILES string of the molecule is C=CC(=O)OC1CCC2CCCCC2C1. The second kappa shape index (κ2) is 4.82. The number of carbonyl (C=O) groups excluding carboxylic acids is 1.